The minimum absolute atomic E-state index is 0.00426. The van der Waals surface area contributed by atoms with Gasteiger partial charge in [0.15, 0.2) is 0 Å². The quantitative estimate of drug-likeness (QED) is 0.845. The number of amides is 2. The van der Waals surface area contributed by atoms with Crippen LogP contribution in [0.2, 0.25) is 0 Å². The zero-order valence-electron chi connectivity index (χ0n) is 14.1. The summed E-state index contributed by atoms with van der Waals surface area (Å²) in [4.78, 5) is 24.6. The summed E-state index contributed by atoms with van der Waals surface area (Å²) in [5.74, 6) is -2.43. The summed E-state index contributed by atoms with van der Waals surface area (Å²) >= 11 is 0. The lowest BCUT2D eigenvalue weighted by atomic mass is 10.0. The highest BCUT2D eigenvalue weighted by Crippen LogP contribution is 2.10. The molecule has 0 aliphatic rings. The van der Waals surface area contributed by atoms with Gasteiger partial charge in [-0.25, -0.2) is 8.78 Å². The summed E-state index contributed by atoms with van der Waals surface area (Å²) in [7, 11) is 0. The summed E-state index contributed by atoms with van der Waals surface area (Å²) in [5, 5.41) is 5.14. The molecule has 2 rings (SSSR count). The molecule has 25 heavy (non-hydrogen) atoms. The van der Waals surface area contributed by atoms with Gasteiger partial charge in [-0.05, 0) is 24.1 Å². The van der Waals surface area contributed by atoms with E-state index in [9.17, 15) is 18.4 Å². The van der Waals surface area contributed by atoms with Gasteiger partial charge in [0.25, 0.3) is 5.91 Å². The lowest BCUT2D eigenvalue weighted by molar-refractivity contribution is -0.124. The van der Waals surface area contributed by atoms with Crippen molar-refractivity contribution in [1.82, 2.24) is 10.6 Å². The fourth-order valence-electron chi connectivity index (χ4n) is 2.33. The Balaban J connectivity index is 2.04. The van der Waals surface area contributed by atoms with Crippen LogP contribution in [0.1, 0.15) is 29.8 Å². The van der Waals surface area contributed by atoms with Crippen molar-refractivity contribution in [3.63, 3.8) is 0 Å². The molecule has 0 aromatic heterocycles. The molecule has 0 spiro atoms. The van der Waals surface area contributed by atoms with Gasteiger partial charge < -0.3 is 10.6 Å². The van der Waals surface area contributed by atoms with Crippen LogP contribution < -0.4 is 10.6 Å². The van der Waals surface area contributed by atoms with Crippen molar-refractivity contribution in [2.75, 3.05) is 0 Å². The van der Waals surface area contributed by atoms with Crippen molar-refractivity contribution in [3.05, 3.63) is 71.3 Å². The molecule has 2 aromatic rings. The van der Waals surface area contributed by atoms with E-state index in [0.29, 0.717) is 5.56 Å². The van der Waals surface area contributed by atoms with Crippen LogP contribution in [-0.4, -0.2) is 17.9 Å². The molecule has 2 amide bonds. The van der Waals surface area contributed by atoms with E-state index in [1.165, 1.54) is 24.3 Å². The first-order chi connectivity index (χ1) is 11.9. The van der Waals surface area contributed by atoms with E-state index in [4.69, 9.17) is 0 Å². The van der Waals surface area contributed by atoms with Crippen molar-refractivity contribution in [2.45, 2.75) is 26.4 Å². The third-order valence-corrected chi connectivity index (χ3v) is 3.77. The number of hydrogen-bond donors (Lipinski definition) is 2. The van der Waals surface area contributed by atoms with Crippen molar-refractivity contribution < 1.29 is 18.4 Å². The number of benzene rings is 2. The molecule has 6 heteroatoms. The lowest BCUT2D eigenvalue weighted by Crippen LogP contribution is -2.49. The Morgan fingerprint density at radius 1 is 0.960 bits per heavy atom. The second kappa shape index (κ2) is 8.37. The number of halogens is 2. The summed E-state index contributed by atoms with van der Waals surface area (Å²) < 4.78 is 27.3. The van der Waals surface area contributed by atoms with Crippen LogP contribution in [0.15, 0.2) is 48.5 Å². The zero-order valence-corrected chi connectivity index (χ0v) is 14.1. The minimum Gasteiger partial charge on any atom is -0.350 e. The molecule has 0 bridgehead atoms. The van der Waals surface area contributed by atoms with Crippen LogP contribution in [0.25, 0.3) is 0 Å². The maximum absolute atomic E-state index is 13.7. The topological polar surface area (TPSA) is 58.2 Å². The SMILES string of the molecule is CC(C)[C@H](NC(=O)c1ccccc1F)C(=O)NCc1ccccc1F. The highest BCUT2D eigenvalue weighted by atomic mass is 19.1. The first-order valence-corrected chi connectivity index (χ1v) is 7.96. The van der Waals surface area contributed by atoms with Gasteiger partial charge in [-0.3, -0.25) is 9.59 Å². The van der Waals surface area contributed by atoms with Crippen molar-refractivity contribution in [3.8, 4) is 0 Å². The van der Waals surface area contributed by atoms with Gasteiger partial charge in [-0.1, -0.05) is 44.2 Å². The van der Waals surface area contributed by atoms with Crippen LogP contribution in [0.3, 0.4) is 0 Å². The van der Waals surface area contributed by atoms with E-state index < -0.39 is 29.5 Å². The van der Waals surface area contributed by atoms with Gasteiger partial charge in [-0.2, -0.15) is 0 Å². The summed E-state index contributed by atoms with van der Waals surface area (Å²) in [6.07, 6.45) is 0. The molecule has 0 fully saturated rings. The molecule has 132 valence electrons. The molecule has 0 heterocycles. The second-order valence-electron chi connectivity index (χ2n) is 5.98. The maximum Gasteiger partial charge on any atom is 0.254 e. The zero-order chi connectivity index (χ0) is 18.4. The van der Waals surface area contributed by atoms with Gasteiger partial charge in [0.1, 0.15) is 17.7 Å². The van der Waals surface area contributed by atoms with Gasteiger partial charge in [0.2, 0.25) is 5.91 Å². The molecule has 1 atom stereocenters. The van der Waals surface area contributed by atoms with Crippen molar-refractivity contribution in [2.24, 2.45) is 5.92 Å². The molecule has 0 saturated carbocycles. The monoisotopic (exact) mass is 346 g/mol. The molecule has 0 saturated heterocycles. The third kappa shape index (κ3) is 4.86. The Kier molecular flexibility index (Phi) is 6.22. The van der Waals surface area contributed by atoms with Gasteiger partial charge in [-0.15, -0.1) is 0 Å². The minimum atomic E-state index is -0.862. The third-order valence-electron chi connectivity index (χ3n) is 3.77. The summed E-state index contributed by atoms with van der Waals surface area (Å²) in [6.45, 7) is 3.52. The Morgan fingerprint density at radius 2 is 1.56 bits per heavy atom. The van der Waals surface area contributed by atoms with Gasteiger partial charge in [0.05, 0.1) is 5.56 Å². The molecule has 0 radical (unpaired) electrons. The maximum atomic E-state index is 13.7. The summed E-state index contributed by atoms with van der Waals surface area (Å²) in [6, 6.07) is 10.8. The first-order valence-electron chi connectivity index (χ1n) is 7.96. The van der Waals surface area contributed by atoms with E-state index in [2.05, 4.69) is 10.6 Å². The molecular weight excluding hydrogens is 326 g/mol. The number of carbonyl (C=O) groups excluding carboxylic acids is 2. The fraction of sp³-hybridized carbons (Fsp3) is 0.263. The van der Waals surface area contributed by atoms with Crippen molar-refractivity contribution in [1.29, 1.82) is 0 Å². The smallest absolute Gasteiger partial charge is 0.254 e. The Hall–Kier alpha value is -2.76. The van der Waals surface area contributed by atoms with Crippen LogP contribution in [0, 0.1) is 17.6 Å². The lowest BCUT2D eigenvalue weighted by Gasteiger charge is -2.22. The predicted molar refractivity (Wildman–Crippen MR) is 90.7 cm³/mol. The first kappa shape index (κ1) is 18.6. The highest BCUT2D eigenvalue weighted by Gasteiger charge is 2.25. The average Bonchev–Trinajstić information content (AvgIpc) is 2.58. The highest BCUT2D eigenvalue weighted by molar-refractivity contribution is 5.97. The van der Waals surface area contributed by atoms with Crippen LogP contribution in [-0.2, 0) is 11.3 Å². The van der Waals surface area contributed by atoms with Crippen molar-refractivity contribution >= 4 is 11.8 Å². The molecule has 0 aliphatic heterocycles. The number of nitrogens with one attached hydrogen (secondary N) is 2. The van der Waals surface area contributed by atoms with E-state index in [0.717, 1.165) is 0 Å². The van der Waals surface area contributed by atoms with E-state index in [-0.39, 0.29) is 18.0 Å². The van der Waals surface area contributed by atoms with Crippen LogP contribution in [0.5, 0.6) is 0 Å². The Labute approximate surface area is 145 Å². The molecule has 4 nitrogen and oxygen atoms in total. The fourth-order valence-corrected chi connectivity index (χ4v) is 2.33. The largest absolute Gasteiger partial charge is 0.350 e. The number of rotatable bonds is 6. The normalized spacial score (nSPS) is 11.9. The van der Waals surface area contributed by atoms with E-state index in [1.54, 1.807) is 38.1 Å². The van der Waals surface area contributed by atoms with Crippen LogP contribution in [0.4, 0.5) is 8.78 Å². The van der Waals surface area contributed by atoms with Crippen LogP contribution >= 0.6 is 0 Å². The second-order valence-corrected chi connectivity index (χ2v) is 5.98. The molecule has 0 unspecified atom stereocenters. The Morgan fingerprint density at radius 3 is 2.16 bits per heavy atom. The molecule has 0 aliphatic carbocycles. The average molecular weight is 346 g/mol. The van der Waals surface area contributed by atoms with E-state index in [1.807, 2.05) is 0 Å². The summed E-state index contributed by atoms with van der Waals surface area (Å²) in [5.41, 5.74) is 0.217. The number of carbonyl (C=O) groups is 2. The van der Waals surface area contributed by atoms with Gasteiger partial charge in [0, 0.05) is 12.1 Å². The number of hydrogen-bond acceptors (Lipinski definition) is 2. The Bertz CT molecular complexity index is 763. The molecule has 2 aromatic carbocycles. The van der Waals surface area contributed by atoms with E-state index >= 15 is 0 Å². The van der Waals surface area contributed by atoms with Gasteiger partial charge >= 0.3 is 0 Å². The molecular formula is C19H20F2N2O2. The predicted octanol–water partition coefficient (Wildman–Crippen LogP) is 3.04. The standard InChI is InChI=1S/C19H20F2N2O2/c1-12(2)17(23-18(24)14-8-4-6-10-16(14)21)19(25)22-11-13-7-3-5-9-15(13)20/h3-10,12,17H,11H2,1-2H3,(H,22,25)(H,23,24)/t17-/m0/s1. The molecule has 2 N–H and O–H groups in total.